The highest BCUT2D eigenvalue weighted by Gasteiger charge is 2.09. The van der Waals surface area contributed by atoms with Crippen molar-refractivity contribution in [2.24, 2.45) is 5.14 Å². The number of hydrogen-bond donors (Lipinski definition) is 2. The van der Waals surface area contributed by atoms with Gasteiger partial charge in [-0.1, -0.05) is 0 Å². The minimum absolute atomic E-state index is 0.0515. The minimum atomic E-state index is -3.72. The number of primary sulfonamides is 1. The molecule has 0 heterocycles. The summed E-state index contributed by atoms with van der Waals surface area (Å²) in [4.78, 5) is -0.0515. The first kappa shape index (κ1) is 9.82. The lowest BCUT2D eigenvalue weighted by atomic mass is 10.3. The zero-order valence-corrected chi connectivity index (χ0v) is 7.84. The molecule has 1 aromatic carbocycles. The van der Waals surface area contributed by atoms with Gasteiger partial charge in [0, 0.05) is 17.8 Å². The quantitative estimate of drug-likeness (QED) is 0.656. The summed E-state index contributed by atoms with van der Waals surface area (Å²) in [6.07, 6.45) is 0. The molecule has 0 aliphatic heterocycles. The highest BCUT2D eigenvalue weighted by atomic mass is 32.2. The second kappa shape index (κ2) is 3.23. The number of ether oxygens (including phenoxy) is 1. The molecule has 0 aliphatic rings. The number of nitrogens with two attached hydrogens (primary N) is 2. The normalized spacial score (nSPS) is 11.2. The van der Waals surface area contributed by atoms with Gasteiger partial charge in [0.05, 0.1) is 12.0 Å². The monoisotopic (exact) mass is 202 g/mol. The van der Waals surface area contributed by atoms with Crippen LogP contribution in [0.1, 0.15) is 0 Å². The predicted molar refractivity (Wildman–Crippen MR) is 48.8 cm³/mol. The largest absolute Gasteiger partial charge is 0.497 e. The lowest BCUT2D eigenvalue weighted by molar-refractivity contribution is 0.413. The molecule has 0 fully saturated rings. The van der Waals surface area contributed by atoms with Gasteiger partial charge in [-0.3, -0.25) is 0 Å². The Labute approximate surface area is 76.4 Å². The summed E-state index contributed by atoms with van der Waals surface area (Å²) in [6, 6.07) is 4.10. The van der Waals surface area contributed by atoms with Crippen LogP contribution in [0.15, 0.2) is 23.1 Å². The summed E-state index contributed by atoms with van der Waals surface area (Å²) in [5.74, 6) is 0.365. The first-order valence-electron chi connectivity index (χ1n) is 3.41. The van der Waals surface area contributed by atoms with E-state index >= 15 is 0 Å². The maximum atomic E-state index is 10.9. The van der Waals surface area contributed by atoms with Crippen molar-refractivity contribution in [3.8, 4) is 5.75 Å². The van der Waals surface area contributed by atoms with E-state index in [2.05, 4.69) is 0 Å². The van der Waals surface area contributed by atoms with E-state index in [0.717, 1.165) is 0 Å². The van der Waals surface area contributed by atoms with E-state index < -0.39 is 10.0 Å². The Kier molecular flexibility index (Phi) is 2.44. The van der Waals surface area contributed by atoms with Gasteiger partial charge >= 0.3 is 0 Å². The number of hydrogen-bond acceptors (Lipinski definition) is 4. The fourth-order valence-corrected chi connectivity index (χ4v) is 1.46. The Balaban J connectivity index is 3.33. The molecule has 0 saturated carbocycles. The Bertz CT molecular complexity index is 414. The van der Waals surface area contributed by atoms with Crippen LogP contribution in [0.2, 0.25) is 0 Å². The van der Waals surface area contributed by atoms with Crippen molar-refractivity contribution < 1.29 is 13.2 Å². The molecular weight excluding hydrogens is 192 g/mol. The van der Waals surface area contributed by atoms with Crippen LogP contribution in [-0.4, -0.2) is 15.5 Å². The Morgan fingerprint density at radius 1 is 1.31 bits per heavy atom. The molecule has 1 aromatic rings. The smallest absolute Gasteiger partial charge is 0.238 e. The molecule has 1 rings (SSSR count). The van der Waals surface area contributed by atoms with Crippen molar-refractivity contribution in [1.29, 1.82) is 0 Å². The molecule has 0 amide bonds. The molecule has 0 aliphatic carbocycles. The highest BCUT2D eigenvalue weighted by Crippen LogP contribution is 2.20. The van der Waals surface area contributed by atoms with Gasteiger partial charge < -0.3 is 10.5 Å². The van der Waals surface area contributed by atoms with Gasteiger partial charge in [0.15, 0.2) is 0 Å². The number of sulfonamides is 1. The lowest BCUT2D eigenvalue weighted by Gasteiger charge is -2.04. The van der Waals surface area contributed by atoms with Crippen molar-refractivity contribution in [1.82, 2.24) is 0 Å². The van der Waals surface area contributed by atoms with Crippen LogP contribution in [0.25, 0.3) is 0 Å². The van der Waals surface area contributed by atoms with Crippen LogP contribution in [0.4, 0.5) is 5.69 Å². The van der Waals surface area contributed by atoms with Crippen molar-refractivity contribution in [2.75, 3.05) is 12.8 Å². The fourth-order valence-electron chi connectivity index (χ4n) is 0.876. The molecule has 0 atom stereocenters. The lowest BCUT2D eigenvalue weighted by Crippen LogP contribution is -2.12. The molecule has 0 bridgehead atoms. The van der Waals surface area contributed by atoms with Gasteiger partial charge in [-0.25, -0.2) is 13.6 Å². The first-order valence-corrected chi connectivity index (χ1v) is 4.95. The zero-order chi connectivity index (χ0) is 10.1. The van der Waals surface area contributed by atoms with Crippen LogP contribution >= 0.6 is 0 Å². The van der Waals surface area contributed by atoms with Gasteiger partial charge in [-0.05, 0) is 6.07 Å². The fraction of sp³-hybridized carbons (Fsp3) is 0.143. The average molecular weight is 202 g/mol. The van der Waals surface area contributed by atoms with E-state index in [4.69, 9.17) is 15.6 Å². The topological polar surface area (TPSA) is 95.4 Å². The van der Waals surface area contributed by atoms with Gasteiger partial charge in [-0.2, -0.15) is 0 Å². The second-order valence-electron chi connectivity index (χ2n) is 2.49. The average Bonchev–Trinajstić information content (AvgIpc) is 2.01. The standard InChI is InChI=1S/C7H10N2O3S/c1-12-6-2-5(8)3-7(4-6)13(9,10)11/h2-4H,8H2,1H3,(H2,9,10,11). The van der Waals surface area contributed by atoms with Crippen LogP contribution < -0.4 is 15.6 Å². The maximum Gasteiger partial charge on any atom is 0.238 e. The molecule has 72 valence electrons. The second-order valence-corrected chi connectivity index (χ2v) is 4.05. The van der Waals surface area contributed by atoms with E-state index in [1.807, 2.05) is 0 Å². The number of rotatable bonds is 2. The third-order valence-electron chi connectivity index (χ3n) is 1.47. The predicted octanol–water partition coefficient (Wildman–Crippen LogP) is -0.0752. The first-order chi connectivity index (χ1) is 5.93. The van der Waals surface area contributed by atoms with Crippen LogP contribution in [-0.2, 0) is 10.0 Å². The molecule has 5 nitrogen and oxygen atoms in total. The summed E-state index contributed by atoms with van der Waals surface area (Å²) in [7, 11) is -2.30. The SMILES string of the molecule is COc1cc(N)cc(S(N)(=O)=O)c1. The molecule has 0 aromatic heterocycles. The van der Waals surface area contributed by atoms with E-state index in [1.165, 1.54) is 25.3 Å². The molecular formula is C7H10N2O3S. The van der Waals surface area contributed by atoms with Crippen molar-refractivity contribution in [3.63, 3.8) is 0 Å². The van der Waals surface area contributed by atoms with Gasteiger partial charge in [0.2, 0.25) is 10.0 Å². The Morgan fingerprint density at radius 2 is 1.92 bits per heavy atom. The summed E-state index contributed by atoms with van der Waals surface area (Å²) >= 11 is 0. The van der Waals surface area contributed by atoms with Gasteiger partial charge in [0.25, 0.3) is 0 Å². The molecule has 0 saturated heterocycles. The summed E-state index contributed by atoms with van der Waals surface area (Å²) in [5.41, 5.74) is 5.73. The molecule has 0 radical (unpaired) electrons. The maximum absolute atomic E-state index is 10.9. The number of anilines is 1. The number of nitrogen functional groups attached to an aromatic ring is 1. The van der Waals surface area contributed by atoms with Crippen molar-refractivity contribution >= 4 is 15.7 Å². The van der Waals surface area contributed by atoms with Crippen LogP contribution in [0.3, 0.4) is 0 Å². The van der Waals surface area contributed by atoms with Crippen LogP contribution in [0, 0.1) is 0 Å². The third kappa shape index (κ3) is 2.33. The Morgan fingerprint density at radius 3 is 2.38 bits per heavy atom. The molecule has 0 unspecified atom stereocenters. The highest BCUT2D eigenvalue weighted by molar-refractivity contribution is 7.89. The van der Waals surface area contributed by atoms with E-state index in [0.29, 0.717) is 11.4 Å². The van der Waals surface area contributed by atoms with Gasteiger partial charge in [-0.15, -0.1) is 0 Å². The third-order valence-corrected chi connectivity index (χ3v) is 2.36. The molecule has 0 spiro atoms. The van der Waals surface area contributed by atoms with E-state index in [1.54, 1.807) is 0 Å². The van der Waals surface area contributed by atoms with Gasteiger partial charge in [0.1, 0.15) is 5.75 Å². The summed E-state index contributed by atoms with van der Waals surface area (Å²) in [6.45, 7) is 0. The zero-order valence-electron chi connectivity index (χ0n) is 7.02. The van der Waals surface area contributed by atoms with E-state index in [-0.39, 0.29) is 4.90 Å². The number of methoxy groups -OCH3 is 1. The van der Waals surface area contributed by atoms with Crippen LogP contribution in [0.5, 0.6) is 5.75 Å². The molecule has 6 heteroatoms. The number of benzene rings is 1. The van der Waals surface area contributed by atoms with E-state index in [9.17, 15) is 8.42 Å². The minimum Gasteiger partial charge on any atom is -0.497 e. The molecule has 4 N–H and O–H groups in total. The summed E-state index contributed by atoms with van der Waals surface area (Å²) < 4.78 is 26.7. The molecule has 13 heavy (non-hydrogen) atoms. The van der Waals surface area contributed by atoms with Crippen molar-refractivity contribution in [2.45, 2.75) is 4.90 Å². The summed E-state index contributed by atoms with van der Waals surface area (Å²) in [5, 5.41) is 4.91. The Hall–Kier alpha value is -1.27. The van der Waals surface area contributed by atoms with Crippen molar-refractivity contribution in [3.05, 3.63) is 18.2 Å².